The summed E-state index contributed by atoms with van der Waals surface area (Å²) in [5, 5.41) is 2.50. The topological polar surface area (TPSA) is 68.9 Å². The molecule has 0 bridgehead atoms. The van der Waals surface area contributed by atoms with E-state index in [1.54, 1.807) is 0 Å². The van der Waals surface area contributed by atoms with Gasteiger partial charge in [-0.25, -0.2) is 26.3 Å². The third kappa shape index (κ3) is 5.18. The lowest BCUT2D eigenvalue weighted by Gasteiger charge is -2.38. The van der Waals surface area contributed by atoms with Gasteiger partial charge >= 0.3 is 0 Å². The van der Waals surface area contributed by atoms with Gasteiger partial charge in [0.05, 0.1) is 19.8 Å². The quantitative estimate of drug-likeness (QED) is 0.487. The summed E-state index contributed by atoms with van der Waals surface area (Å²) in [6.45, 7) is -0.626. The number of hydrogen-bond donors (Lipinski definition) is 2. The number of amidine groups is 1. The van der Waals surface area contributed by atoms with Crippen LogP contribution < -0.4 is 11.1 Å². The van der Waals surface area contributed by atoms with Crippen molar-refractivity contribution >= 4 is 23.0 Å². The van der Waals surface area contributed by atoms with Gasteiger partial charge in [0.15, 0.2) is 11.1 Å². The summed E-state index contributed by atoms with van der Waals surface area (Å²) in [6.07, 6.45) is -5.71. The first-order chi connectivity index (χ1) is 16.1. The van der Waals surface area contributed by atoms with Crippen LogP contribution in [-0.2, 0) is 20.6 Å². The lowest BCUT2D eigenvalue weighted by Crippen LogP contribution is -2.58. The number of aliphatic imine (C=N–C) groups is 1. The van der Waals surface area contributed by atoms with E-state index in [4.69, 9.17) is 27.4 Å². The van der Waals surface area contributed by atoms with Crippen molar-refractivity contribution in [2.24, 2.45) is 10.7 Å². The van der Waals surface area contributed by atoms with Crippen LogP contribution in [0.5, 0.6) is 0 Å². The Morgan fingerprint density at radius 1 is 0.853 bits per heavy atom. The molecule has 1 saturated heterocycles. The predicted molar refractivity (Wildman–Crippen MR) is 117 cm³/mol. The summed E-state index contributed by atoms with van der Waals surface area (Å²) < 4.78 is 90.1. The van der Waals surface area contributed by atoms with Gasteiger partial charge in [-0.05, 0) is 12.1 Å². The van der Waals surface area contributed by atoms with E-state index in [1.165, 1.54) is 36.4 Å². The van der Waals surface area contributed by atoms with E-state index >= 15 is 0 Å². The zero-order chi connectivity index (χ0) is 24.9. The largest absolute Gasteiger partial charge is 0.385 e. The Kier molecular flexibility index (Phi) is 8.16. The molecule has 0 aromatic heterocycles. The van der Waals surface area contributed by atoms with Crippen molar-refractivity contribution in [1.82, 2.24) is 5.32 Å². The van der Waals surface area contributed by atoms with Crippen LogP contribution in [0.15, 0.2) is 53.5 Å². The highest BCUT2D eigenvalue weighted by Gasteiger charge is 2.47. The van der Waals surface area contributed by atoms with Gasteiger partial charge in [-0.2, -0.15) is 0 Å². The van der Waals surface area contributed by atoms with Gasteiger partial charge < -0.3 is 20.5 Å². The number of ether oxygens (including phenoxy) is 2. The predicted octanol–water partition coefficient (Wildman–Crippen LogP) is 3.91. The Hall–Kier alpha value is -2.70. The standard InChI is InChI=1S/C11H11F3N2O.C11H10F3NOS/c12-8-4-2-1-3-7(8)11(10(13)14)6-17-5-9(15)16-11;12-8-4-2-1-3-7(8)11(10(13)14)6-16-5-9(17)15-11/h1-4,10H,5-6H2,(H2,15,16);1-4,10H,5-6H2,(H,15,17). The molecule has 34 heavy (non-hydrogen) atoms. The lowest BCUT2D eigenvalue weighted by atomic mass is 9.89. The number of rotatable bonds is 4. The van der Waals surface area contributed by atoms with Crippen molar-refractivity contribution in [3.63, 3.8) is 0 Å². The van der Waals surface area contributed by atoms with Gasteiger partial charge in [0.25, 0.3) is 12.9 Å². The maximum atomic E-state index is 13.6. The number of halogens is 6. The Bertz CT molecular complexity index is 1060. The minimum atomic E-state index is -2.89. The summed E-state index contributed by atoms with van der Waals surface area (Å²) in [4.78, 5) is 3.88. The van der Waals surface area contributed by atoms with Crippen molar-refractivity contribution in [3.05, 3.63) is 71.3 Å². The molecule has 0 aliphatic carbocycles. The maximum Gasteiger partial charge on any atom is 0.269 e. The third-order valence-electron chi connectivity index (χ3n) is 5.27. The van der Waals surface area contributed by atoms with Crippen molar-refractivity contribution in [2.75, 3.05) is 26.4 Å². The molecule has 3 N–H and O–H groups in total. The molecule has 5 nitrogen and oxygen atoms in total. The van der Waals surface area contributed by atoms with E-state index in [1.807, 2.05) is 0 Å². The number of thiocarbonyl (C=S) groups is 1. The van der Waals surface area contributed by atoms with Crippen LogP contribution in [0.4, 0.5) is 26.3 Å². The van der Waals surface area contributed by atoms with E-state index in [2.05, 4.69) is 10.3 Å². The number of nitrogens with two attached hydrogens (primary N) is 1. The SMILES string of the molecule is Fc1ccccc1C1(C(F)F)COCC(=S)N1.NC1=NC(c2ccccc2F)(C(F)F)COC1. The number of nitrogens with zero attached hydrogens (tertiary/aromatic N) is 1. The number of alkyl halides is 4. The summed E-state index contributed by atoms with van der Waals surface area (Å²) in [6, 6.07) is 10.7. The molecule has 0 saturated carbocycles. The van der Waals surface area contributed by atoms with Crippen LogP contribution in [0.1, 0.15) is 11.1 Å². The molecule has 12 heteroatoms. The minimum absolute atomic E-state index is 0.0110. The summed E-state index contributed by atoms with van der Waals surface area (Å²) in [5.74, 6) is -1.50. The molecule has 2 aliphatic rings. The lowest BCUT2D eigenvalue weighted by molar-refractivity contribution is -0.0320. The smallest absolute Gasteiger partial charge is 0.269 e. The first-order valence-corrected chi connectivity index (χ1v) is 10.4. The van der Waals surface area contributed by atoms with Gasteiger partial charge in [0, 0.05) is 11.1 Å². The fraction of sp³-hybridized carbons (Fsp3) is 0.364. The van der Waals surface area contributed by atoms with Crippen molar-refractivity contribution in [2.45, 2.75) is 23.9 Å². The number of benzene rings is 2. The molecule has 184 valence electrons. The van der Waals surface area contributed by atoms with Crippen LogP contribution in [-0.4, -0.2) is 50.1 Å². The molecule has 2 aliphatic heterocycles. The van der Waals surface area contributed by atoms with Gasteiger partial charge in [-0.3, -0.25) is 4.99 Å². The zero-order valence-electron chi connectivity index (χ0n) is 17.6. The van der Waals surface area contributed by atoms with Crippen LogP contribution in [0.3, 0.4) is 0 Å². The first kappa shape index (κ1) is 25.9. The molecule has 0 amide bonds. The molecule has 2 atom stereocenters. The molecule has 2 unspecified atom stereocenters. The molecule has 2 aromatic rings. The second-order valence-corrected chi connectivity index (χ2v) is 8.09. The van der Waals surface area contributed by atoms with Crippen LogP contribution in [0.2, 0.25) is 0 Å². The van der Waals surface area contributed by atoms with Crippen molar-refractivity contribution < 1.29 is 35.8 Å². The van der Waals surface area contributed by atoms with Crippen molar-refractivity contribution in [1.29, 1.82) is 0 Å². The minimum Gasteiger partial charge on any atom is -0.385 e. The number of hydrogen-bond acceptors (Lipinski definition) is 5. The normalized spacial score (nSPS) is 24.8. The third-order valence-corrected chi connectivity index (χ3v) is 5.49. The Labute approximate surface area is 196 Å². The monoisotopic (exact) mass is 505 g/mol. The molecular formula is C22H21F6N3O2S. The van der Waals surface area contributed by atoms with Crippen LogP contribution >= 0.6 is 12.2 Å². The highest BCUT2D eigenvalue weighted by molar-refractivity contribution is 7.80. The van der Waals surface area contributed by atoms with Gasteiger partial charge in [0.1, 0.15) is 29.1 Å². The number of nitrogens with one attached hydrogen (secondary N) is 1. The summed E-state index contributed by atoms with van der Waals surface area (Å²) in [7, 11) is 0. The Balaban J connectivity index is 0.000000191. The molecule has 2 aromatic carbocycles. The van der Waals surface area contributed by atoms with Crippen LogP contribution in [0, 0.1) is 11.6 Å². The molecular weight excluding hydrogens is 484 g/mol. The van der Waals surface area contributed by atoms with E-state index in [0.717, 1.165) is 12.1 Å². The van der Waals surface area contributed by atoms with E-state index < -0.39 is 35.6 Å². The average molecular weight is 505 g/mol. The Morgan fingerprint density at radius 3 is 1.91 bits per heavy atom. The average Bonchev–Trinajstić information content (AvgIpc) is 2.79. The highest BCUT2D eigenvalue weighted by Crippen LogP contribution is 2.36. The van der Waals surface area contributed by atoms with Gasteiger partial charge in [-0.1, -0.05) is 48.6 Å². The van der Waals surface area contributed by atoms with Crippen LogP contribution in [0.25, 0.3) is 0 Å². The first-order valence-electron chi connectivity index (χ1n) is 9.99. The Morgan fingerprint density at radius 2 is 1.41 bits per heavy atom. The van der Waals surface area contributed by atoms with Gasteiger partial charge in [0.2, 0.25) is 0 Å². The summed E-state index contributed by atoms with van der Waals surface area (Å²) >= 11 is 4.83. The fourth-order valence-electron chi connectivity index (χ4n) is 3.64. The molecule has 0 spiro atoms. The number of morpholine rings is 1. The molecule has 4 rings (SSSR count). The second-order valence-electron chi connectivity index (χ2n) is 7.59. The van der Waals surface area contributed by atoms with Crippen molar-refractivity contribution in [3.8, 4) is 0 Å². The molecule has 0 radical (unpaired) electrons. The highest BCUT2D eigenvalue weighted by atomic mass is 32.1. The maximum absolute atomic E-state index is 13.6. The summed E-state index contributed by atoms with van der Waals surface area (Å²) in [5.41, 5.74) is 1.16. The zero-order valence-corrected chi connectivity index (χ0v) is 18.4. The van der Waals surface area contributed by atoms with E-state index in [0.29, 0.717) is 0 Å². The van der Waals surface area contributed by atoms with Gasteiger partial charge in [-0.15, -0.1) is 0 Å². The second kappa shape index (κ2) is 10.7. The molecule has 1 fully saturated rings. The van der Waals surface area contributed by atoms with E-state index in [9.17, 15) is 26.3 Å². The fourth-order valence-corrected chi connectivity index (χ4v) is 3.91. The molecule has 2 heterocycles. The van der Waals surface area contributed by atoms with E-state index in [-0.39, 0.29) is 48.4 Å².